The van der Waals surface area contributed by atoms with Crippen molar-refractivity contribution in [3.8, 4) is 0 Å². The van der Waals surface area contributed by atoms with E-state index in [1.165, 1.54) is 0 Å². The molecule has 104 valence electrons. The summed E-state index contributed by atoms with van der Waals surface area (Å²) in [7, 11) is 0. The van der Waals surface area contributed by atoms with Gasteiger partial charge in [-0.2, -0.15) is 0 Å². The number of carbonyl (C=O) groups excluding carboxylic acids is 1. The molecular formula is C14H21N3O2. The van der Waals surface area contributed by atoms with E-state index in [1.54, 1.807) is 0 Å². The molecule has 0 bridgehead atoms. The number of rotatable bonds is 4. The van der Waals surface area contributed by atoms with Crippen LogP contribution in [-0.2, 0) is 11.3 Å². The molecule has 1 amide bonds. The molecular weight excluding hydrogens is 242 g/mol. The lowest BCUT2D eigenvalue weighted by molar-refractivity contribution is -0.120. The van der Waals surface area contributed by atoms with Crippen molar-refractivity contribution >= 4 is 5.91 Å². The molecule has 4 N–H and O–H groups in total. The predicted octanol–water partition coefficient (Wildman–Crippen LogP) is 0.000600. The Morgan fingerprint density at radius 1 is 1.32 bits per heavy atom. The first kappa shape index (κ1) is 14.0. The minimum Gasteiger partial charge on any atom is -0.387 e. The second kappa shape index (κ2) is 6.65. The lowest BCUT2D eigenvalue weighted by atomic mass is 10.1. The molecule has 1 atom stereocenters. The van der Waals surface area contributed by atoms with E-state index in [1.807, 2.05) is 24.3 Å². The molecule has 0 saturated carbocycles. The number of benzene rings is 1. The molecule has 1 unspecified atom stereocenters. The van der Waals surface area contributed by atoms with Gasteiger partial charge >= 0.3 is 0 Å². The molecule has 1 heterocycles. The number of nitrogens with zero attached hydrogens (tertiary/aromatic N) is 1. The van der Waals surface area contributed by atoms with E-state index >= 15 is 0 Å². The third-order valence-electron chi connectivity index (χ3n) is 3.44. The van der Waals surface area contributed by atoms with Crippen molar-refractivity contribution in [1.82, 2.24) is 10.2 Å². The highest BCUT2D eigenvalue weighted by Crippen LogP contribution is 2.15. The molecule has 1 saturated heterocycles. The third-order valence-corrected chi connectivity index (χ3v) is 3.44. The van der Waals surface area contributed by atoms with Crippen molar-refractivity contribution in [3.63, 3.8) is 0 Å². The Labute approximate surface area is 113 Å². The van der Waals surface area contributed by atoms with E-state index in [9.17, 15) is 9.90 Å². The number of nitrogens with one attached hydrogen (secondary N) is 1. The Balaban J connectivity index is 1.91. The fraction of sp³-hybridized carbons (Fsp3) is 0.500. The number of nitrogens with two attached hydrogens (primary N) is 1. The van der Waals surface area contributed by atoms with E-state index in [0.29, 0.717) is 32.6 Å². The number of aliphatic hydroxyl groups excluding tert-OH is 1. The molecule has 5 heteroatoms. The number of hydrogen-bond acceptors (Lipinski definition) is 4. The van der Waals surface area contributed by atoms with Crippen molar-refractivity contribution in [2.24, 2.45) is 5.73 Å². The number of carbonyl (C=O) groups is 1. The summed E-state index contributed by atoms with van der Waals surface area (Å²) in [5, 5.41) is 13.0. The first-order valence-corrected chi connectivity index (χ1v) is 6.65. The van der Waals surface area contributed by atoms with Crippen LogP contribution in [0.2, 0.25) is 0 Å². The van der Waals surface area contributed by atoms with Gasteiger partial charge in [0.05, 0.1) is 6.10 Å². The lowest BCUT2D eigenvalue weighted by Crippen LogP contribution is -2.32. The largest absolute Gasteiger partial charge is 0.387 e. The summed E-state index contributed by atoms with van der Waals surface area (Å²) in [5.74, 6) is 0.0873. The second-order valence-electron chi connectivity index (χ2n) is 4.86. The summed E-state index contributed by atoms with van der Waals surface area (Å²) in [6.07, 6.45) is -0.0289. The second-order valence-corrected chi connectivity index (χ2v) is 4.86. The van der Waals surface area contributed by atoms with Crippen molar-refractivity contribution in [1.29, 1.82) is 0 Å². The SMILES string of the molecule is NCc1ccc(C(O)CN2CCNC(=O)CC2)cc1. The number of β-amino-alcohol motifs (C(OH)–C–C–N with tert-alkyl or cyclic N) is 1. The maximum Gasteiger partial charge on any atom is 0.221 e. The molecule has 1 fully saturated rings. The van der Waals surface area contributed by atoms with E-state index in [2.05, 4.69) is 10.2 Å². The molecule has 0 aliphatic carbocycles. The van der Waals surface area contributed by atoms with Gasteiger partial charge in [-0.15, -0.1) is 0 Å². The van der Waals surface area contributed by atoms with Crippen molar-refractivity contribution < 1.29 is 9.90 Å². The summed E-state index contributed by atoms with van der Waals surface area (Å²) < 4.78 is 0. The molecule has 1 aromatic carbocycles. The normalized spacial score (nSPS) is 18.7. The van der Waals surface area contributed by atoms with Gasteiger partial charge in [0.1, 0.15) is 0 Å². The van der Waals surface area contributed by atoms with Crippen molar-refractivity contribution in [3.05, 3.63) is 35.4 Å². The Morgan fingerprint density at radius 3 is 2.74 bits per heavy atom. The molecule has 1 aromatic rings. The summed E-state index contributed by atoms with van der Waals surface area (Å²) >= 11 is 0. The highest BCUT2D eigenvalue weighted by atomic mass is 16.3. The molecule has 0 aromatic heterocycles. The van der Waals surface area contributed by atoms with Crippen LogP contribution >= 0.6 is 0 Å². The Hall–Kier alpha value is -1.43. The van der Waals surface area contributed by atoms with Gasteiger partial charge in [-0.1, -0.05) is 24.3 Å². The van der Waals surface area contributed by atoms with Gasteiger partial charge in [-0.05, 0) is 11.1 Å². The molecule has 5 nitrogen and oxygen atoms in total. The lowest BCUT2D eigenvalue weighted by Gasteiger charge is -2.22. The Bertz CT molecular complexity index is 419. The van der Waals surface area contributed by atoms with Crippen LogP contribution in [-0.4, -0.2) is 42.1 Å². The molecule has 0 spiro atoms. The van der Waals surface area contributed by atoms with Crippen LogP contribution < -0.4 is 11.1 Å². The summed E-state index contributed by atoms with van der Waals surface area (Å²) in [5.41, 5.74) is 7.49. The standard InChI is InChI=1S/C14H21N3O2/c15-9-11-1-3-12(4-2-11)13(18)10-17-7-5-14(19)16-6-8-17/h1-4,13,18H,5-10,15H2,(H,16,19). The monoisotopic (exact) mass is 263 g/mol. The fourth-order valence-corrected chi connectivity index (χ4v) is 2.22. The van der Waals surface area contributed by atoms with Crippen molar-refractivity contribution in [2.75, 3.05) is 26.2 Å². The zero-order chi connectivity index (χ0) is 13.7. The fourth-order valence-electron chi connectivity index (χ4n) is 2.22. The molecule has 19 heavy (non-hydrogen) atoms. The van der Waals surface area contributed by atoms with Crippen LogP contribution in [0.3, 0.4) is 0 Å². The molecule has 1 aliphatic heterocycles. The van der Waals surface area contributed by atoms with Gasteiger partial charge in [-0.3, -0.25) is 9.69 Å². The quantitative estimate of drug-likeness (QED) is 0.714. The van der Waals surface area contributed by atoms with Crippen LogP contribution in [0.5, 0.6) is 0 Å². The number of hydrogen-bond donors (Lipinski definition) is 3. The van der Waals surface area contributed by atoms with Crippen LogP contribution in [0, 0.1) is 0 Å². The highest BCUT2D eigenvalue weighted by molar-refractivity contribution is 5.76. The number of amides is 1. The highest BCUT2D eigenvalue weighted by Gasteiger charge is 2.17. The van der Waals surface area contributed by atoms with Crippen LogP contribution in [0.25, 0.3) is 0 Å². The van der Waals surface area contributed by atoms with Gasteiger partial charge in [-0.25, -0.2) is 0 Å². The zero-order valence-corrected chi connectivity index (χ0v) is 11.0. The predicted molar refractivity (Wildman–Crippen MR) is 73.4 cm³/mol. The van der Waals surface area contributed by atoms with Gasteiger partial charge in [0.25, 0.3) is 0 Å². The zero-order valence-electron chi connectivity index (χ0n) is 11.0. The van der Waals surface area contributed by atoms with Gasteiger partial charge < -0.3 is 16.2 Å². The minimum absolute atomic E-state index is 0.0873. The summed E-state index contributed by atoms with van der Waals surface area (Å²) in [6, 6.07) is 7.69. The average molecular weight is 263 g/mol. The smallest absolute Gasteiger partial charge is 0.221 e. The third kappa shape index (κ3) is 4.02. The van der Waals surface area contributed by atoms with Gasteiger partial charge in [0, 0.05) is 39.1 Å². The topological polar surface area (TPSA) is 78.6 Å². The number of aliphatic hydroxyl groups is 1. The van der Waals surface area contributed by atoms with Crippen LogP contribution in [0.1, 0.15) is 23.7 Å². The maximum absolute atomic E-state index is 11.2. The summed E-state index contributed by atoms with van der Waals surface area (Å²) in [4.78, 5) is 13.4. The molecule has 0 radical (unpaired) electrons. The first-order valence-electron chi connectivity index (χ1n) is 6.65. The van der Waals surface area contributed by atoms with Crippen LogP contribution in [0.4, 0.5) is 0 Å². The Morgan fingerprint density at radius 2 is 2.05 bits per heavy atom. The van der Waals surface area contributed by atoms with Crippen LogP contribution in [0.15, 0.2) is 24.3 Å². The molecule has 1 aliphatic rings. The van der Waals surface area contributed by atoms with E-state index in [4.69, 9.17) is 5.73 Å². The van der Waals surface area contributed by atoms with Crippen molar-refractivity contribution in [2.45, 2.75) is 19.1 Å². The average Bonchev–Trinajstić information content (AvgIpc) is 2.64. The van der Waals surface area contributed by atoms with E-state index < -0.39 is 6.10 Å². The van der Waals surface area contributed by atoms with E-state index in [0.717, 1.165) is 17.7 Å². The van der Waals surface area contributed by atoms with E-state index in [-0.39, 0.29) is 5.91 Å². The van der Waals surface area contributed by atoms with Gasteiger partial charge in [0.2, 0.25) is 5.91 Å². The summed E-state index contributed by atoms with van der Waals surface area (Å²) in [6.45, 7) is 3.19. The Kier molecular flexibility index (Phi) is 4.90. The first-order chi connectivity index (χ1) is 9.19. The maximum atomic E-state index is 11.2. The molecule has 2 rings (SSSR count). The van der Waals surface area contributed by atoms with Gasteiger partial charge in [0.15, 0.2) is 0 Å². The minimum atomic E-state index is -0.528.